The van der Waals surface area contributed by atoms with E-state index in [4.69, 9.17) is 0 Å². The highest BCUT2D eigenvalue weighted by Crippen LogP contribution is 2.23. The van der Waals surface area contributed by atoms with Gasteiger partial charge in [-0.2, -0.15) is 0 Å². The zero-order valence-corrected chi connectivity index (χ0v) is 9.76. The van der Waals surface area contributed by atoms with Crippen molar-refractivity contribution in [1.29, 1.82) is 0 Å². The minimum atomic E-state index is 1.02. The third-order valence-corrected chi connectivity index (χ3v) is 2.96. The molecule has 1 aromatic carbocycles. The maximum Gasteiger partial charge on any atom is 0.102 e. The molecule has 74 valence electrons. The van der Waals surface area contributed by atoms with E-state index in [2.05, 4.69) is 45.0 Å². The number of nitrogens with one attached hydrogen (secondary N) is 1. The molecule has 1 aromatic heterocycles. The Hall–Kier alpha value is -0.830. The maximum absolute atomic E-state index is 4.24. The van der Waals surface area contributed by atoms with Gasteiger partial charge < -0.3 is 4.98 Å². The minimum absolute atomic E-state index is 1.02. The topological polar surface area (TPSA) is 28.7 Å². The predicted octanol–water partition coefficient (Wildman–Crippen LogP) is 3.67. The molecule has 3 heteroatoms. The fourth-order valence-electron chi connectivity index (χ4n) is 1.59. The second-order valence-corrected chi connectivity index (χ2v) is 4.33. The summed E-state index contributed by atoms with van der Waals surface area (Å²) in [7, 11) is 0. The molecule has 0 bridgehead atoms. The van der Waals surface area contributed by atoms with Gasteiger partial charge in [-0.3, -0.25) is 0 Å². The molecule has 2 aromatic rings. The summed E-state index contributed by atoms with van der Waals surface area (Å²) in [6, 6.07) is 4.35. The summed E-state index contributed by atoms with van der Waals surface area (Å²) < 4.78 is 1.09. The van der Waals surface area contributed by atoms with Gasteiger partial charge in [0.15, 0.2) is 0 Å². The van der Waals surface area contributed by atoms with E-state index in [0.717, 1.165) is 21.9 Å². The van der Waals surface area contributed by atoms with E-state index < -0.39 is 0 Å². The molecule has 0 unspecified atom stereocenters. The first-order valence-corrected chi connectivity index (χ1v) is 5.72. The smallest absolute Gasteiger partial charge is 0.102 e. The van der Waals surface area contributed by atoms with E-state index in [0.29, 0.717) is 0 Å². The predicted molar refractivity (Wildman–Crippen MR) is 62.4 cm³/mol. The number of imidazole rings is 1. The van der Waals surface area contributed by atoms with Gasteiger partial charge in [-0.05, 0) is 46.5 Å². The number of hydrogen-bond acceptors (Lipinski definition) is 1. The van der Waals surface area contributed by atoms with E-state index in [9.17, 15) is 0 Å². The van der Waals surface area contributed by atoms with Gasteiger partial charge in [0, 0.05) is 4.47 Å². The first-order valence-electron chi connectivity index (χ1n) is 4.92. The lowest BCUT2D eigenvalue weighted by atomic mass is 10.1. The van der Waals surface area contributed by atoms with Gasteiger partial charge in [-0.15, -0.1) is 0 Å². The van der Waals surface area contributed by atoms with Gasteiger partial charge in [-0.1, -0.05) is 13.3 Å². The Kier molecular flexibility index (Phi) is 2.87. The standard InChI is InChI=1S/C11H13BrN2/c1-2-3-4-8-5-9(12)11-10(6-8)13-7-14-11/h5-7H,2-4H2,1H3,(H,13,14). The zero-order chi connectivity index (χ0) is 9.97. The largest absolute Gasteiger partial charge is 0.345 e. The molecule has 0 saturated heterocycles. The van der Waals surface area contributed by atoms with Crippen molar-refractivity contribution in [3.8, 4) is 0 Å². The van der Waals surface area contributed by atoms with Crippen LogP contribution >= 0.6 is 15.9 Å². The summed E-state index contributed by atoms with van der Waals surface area (Å²) in [5.74, 6) is 0. The number of aromatic nitrogens is 2. The monoisotopic (exact) mass is 252 g/mol. The molecular formula is C11H13BrN2. The summed E-state index contributed by atoms with van der Waals surface area (Å²) in [6.07, 6.45) is 5.35. The molecule has 2 rings (SSSR count). The lowest BCUT2D eigenvalue weighted by molar-refractivity contribution is 0.795. The van der Waals surface area contributed by atoms with Gasteiger partial charge in [0.2, 0.25) is 0 Å². The van der Waals surface area contributed by atoms with Crippen LogP contribution in [0.3, 0.4) is 0 Å². The molecule has 0 aliphatic heterocycles. The van der Waals surface area contributed by atoms with Crippen LogP contribution in [-0.4, -0.2) is 9.97 Å². The van der Waals surface area contributed by atoms with Gasteiger partial charge in [0.1, 0.15) is 5.52 Å². The third-order valence-electron chi connectivity index (χ3n) is 2.36. The number of nitrogens with zero attached hydrogens (tertiary/aromatic N) is 1. The average Bonchev–Trinajstić information content (AvgIpc) is 2.63. The Morgan fingerprint density at radius 2 is 2.29 bits per heavy atom. The molecule has 0 saturated carbocycles. The van der Waals surface area contributed by atoms with E-state index in [1.807, 2.05) is 0 Å². The summed E-state index contributed by atoms with van der Waals surface area (Å²) in [5, 5.41) is 0. The SMILES string of the molecule is CCCCc1cc(Br)c2nc[nH]c2c1. The first kappa shape index (κ1) is 9.71. The van der Waals surface area contributed by atoms with E-state index in [-0.39, 0.29) is 0 Å². The van der Waals surface area contributed by atoms with Crippen LogP contribution < -0.4 is 0 Å². The highest BCUT2D eigenvalue weighted by molar-refractivity contribution is 9.10. The molecule has 2 nitrogen and oxygen atoms in total. The van der Waals surface area contributed by atoms with Crippen molar-refractivity contribution < 1.29 is 0 Å². The van der Waals surface area contributed by atoms with Crippen LogP contribution in [0, 0.1) is 0 Å². The summed E-state index contributed by atoms with van der Waals surface area (Å²) >= 11 is 3.54. The molecular weight excluding hydrogens is 240 g/mol. The Morgan fingerprint density at radius 3 is 3.07 bits per heavy atom. The summed E-state index contributed by atoms with van der Waals surface area (Å²) in [4.78, 5) is 7.37. The molecule has 0 radical (unpaired) electrons. The molecule has 14 heavy (non-hydrogen) atoms. The van der Waals surface area contributed by atoms with Crippen molar-refractivity contribution in [3.05, 3.63) is 28.5 Å². The number of aromatic amines is 1. The number of aryl methyl sites for hydroxylation is 1. The first-order chi connectivity index (χ1) is 6.81. The number of fused-ring (bicyclic) bond motifs is 1. The Balaban J connectivity index is 2.38. The second-order valence-electron chi connectivity index (χ2n) is 3.48. The lowest BCUT2D eigenvalue weighted by Crippen LogP contribution is -1.85. The van der Waals surface area contributed by atoms with Crippen LogP contribution in [0.15, 0.2) is 22.9 Å². The van der Waals surface area contributed by atoms with Crippen molar-refractivity contribution in [2.24, 2.45) is 0 Å². The van der Waals surface area contributed by atoms with E-state index in [1.54, 1.807) is 6.33 Å². The molecule has 0 fully saturated rings. The van der Waals surface area contributed by atoms with Crippen molar-refractivity contribution in [2.75, 3.05) is 0 Å². The molecule has 1 heterocycles. The number of unbranched alkanes of at least 4 members (excludes halogenated alkanes) is 1. The number of benzene rings is 1. The fourth-order valence-corrected chi connectivity index (χ4v) is 2.20. The normalized spacial score (nSPS) is 11.0. The number of H-pyrrole nitrogens is 1. The van der Waals surface area contributed by atoms with E-state index >= 15 is 0 Å². The summed E-state index contributed by atoms with van der Waals surface area (Å²) in [5.41, 5.74) is 3.51. The number of rotatable bonds is 3. The van der Waals surface area contributed by atoms with Crippen LogP contribution in [0.25, 0.3) is 11.0 Å². The summed E-state index contributed by atoms with van der Waals surface area (Å²) in [6.45, 7) is 2.21. The average molecular weight is 253 g/mol. The molecule has 0 aliphatic rings. The van der Waals surface area contributed by atoms with Gasteiger partial charge >= 0.3 is 0 Å². The molecule has 0 amide bonds. The Bertz CT molecular complexity index is 434. The van der Waals surface area contributed by atoms with Crippen molar-refractivity contribution in [2.45, 2.75) is 26.2 Å². The Morgan fingerprint density at radius 1 is 1.43 bits per heavy atom. The van der Waals surface area contributed by atoms with Gasteiger partial charge in [0.25, 0.3) is 0 Å². The number of halogens is 1. The van der Waals surface area contributed by atoms with Gasteiger partial charge in [-0.25, -0.2) is 4.98 Å². The molecule has 1 N–H and O–H groups in total. The molecule has 0 spiro atoms. The molecule has 0 atom stereocenters. The third kappa shape index (κ3) is 1.82. The molecule has 0 aliphatic carbocycles. The highest BCUT2D eigenvalue weighted by atomic mass is 79.9. The Labute approximate surface area is 91.9 Å². The maximum atomic E-state index is 4.24. The van der Waals surface area contributed by atoms with E-state index in [1.165, 1.54) is 18.4 Å². The van der Waals surface area contributed by atoms with Crippen LogP contribution in [-0.2, 0) is 6.42 Å². The second kappa shape index (κ2) is 4.13. The van der Waals surface area contributed by atoms with Crippen molar-refractivity contribution in [3.63, 3.8) is 0 Å². The van der Waals surface area contributed by atoms with Crippen molar-refractivity contribution in [1.82, 2.24) is 9.97 Å². The lowest BCUT2D eigenvalue weighted by Gasteiger charge is -2.01. The highest BCUT2D eigenvalue weighted by Gasteiger charge is 2.03. The number of hydrogen-bond donors (Lipinski definition) is 1. The fraction of sp³-hybridized carbons (Fsp3) is 0.364. The quantitative estimate of drug-likeness (QED) is 0.888. The van der Waals surface area contributed by atoms with Crippen LogP contribution in [0.2, 0.25) is 0 Å². The van der Waals surface area contributed by atoms with Crippen LogP contribution in [0.5, 0.6) is 0 Å². The van der Waals surface area contributed by atoms with Crippen LogP contribution in [0.1, 0.15) is 25.3 Å². The van der Waals surface area contributed by atoms with Gasteiger partial charge in [0.05, 0.1) is 11.8 Å². The van der Waals surface area contributed by atoms with Crippen molar-refractivity contribution >= 4 is 27.0 Å². The van der Waals surface area contributed by atoms with Crippen LogP contribution in [0.4, 0.5) is 0 Å². The minimum Gasteiger partial charge on any atom is -0.345 e. The zero-order valence-electron chi connectivity index (χ0n) is 8.18.